The van der Waals surface area contributed by atoms with Gasteiger partial charge < -0.3 is 14.7 Å². The summed E-state index contributed by atoms with van der Waals surface area (Å²) in [7, 11) is 0. The van der Waals surface area contributed by atoms with Crippen molar-refractivity contribution >= 4 is 11.7 Å². The summed E-state index contributed by atoms with van der Waals surface area (Å²) in [6.07, 6.45) is 8.97. The van der Waals surface area contributed by atoms with Gasteiger partial charge in [-0.05, 0) is 45.4 Å². The number of carbonyl (C=O) groups excluding carboxylic acids is 1. The molecule has 1 aromatic rings. The second kappa shape index (κ2) is 7.51. The van der Waals surface area contributed by atoms with Crippen LogP contribution in [0.5, 0.6) is 0 Å². The van der Waals surface area contributed by atoms with Gasteiger partial charge in [-0.3, -0.25) is 4.79 Å². The first-order valence-corrected chi connectivity index (χ1v) is 10.2. The molecule has 0 spiro atoms. The van der Waals surface area contributed by atoms with Crippen molar-refractivity contribution in [3.05, 3.63) is 18.1 Å². The molecule has 3 aliphatic rings. The number of hydrogen-bond acceptors (Lipinski definition) is 5. The van der Waals surface area contributed by atoms with Crippen molar-refractivity contribution in [1.29, 1.82) is 0 Å². The van der Waals surface area contributed by atoms with Crippen LogP contribution in [0, 0.1) is 6.92 Å². The number of piperidine rings is 1. The number of aryl methyl sites for hydroxylation is 1. The van der Waals surface area contributed by atoms with Crippen molar-refractivity contribution in [1.82, 2.24) is 19.8 Å². The predicted octanol–water partition coefficient (Wildman–Crippen LogP) is 2.23. The lowest BCUT2D eigenvalue weighted by Gasteiger charge is -2.40. The average Bonchev–Trinajstić information content (AvgIpc) is 3.34. The number of hydrogen-bond donors (Lipinski definition) is 0. The van der Waals surface area contributed by atoms with Gasteiger partial charge in [-0.15, -0.1) is 0 Å². The molecule has 142 valence electrons. The lowest BCUT2D eigenvalue weighted by Crippen LogP contribution is -2.49. The molecule has 0 aromatic carbocycles. The zero-order valence-corrected chi connectivity index (χ0v) is 16.1. The number of amides is 1. The Balaban J connectivity index is 1.36. The second-order valence-electron chi connectivity index (χ2n) is 8.20. The molecule has 1 aliphatic carbocycles. The van der Waals surface area contributed by atoms with Crippen LogP contribution in [0.25, 0.3) is 0 Å². The van der Waals surface area contributed by atoms with Crippen molar-refractivity contribution in [2.45, 2.75) is 70.5 Å². The molecule has 6 nitrogen and oxygen atoms in total. The standard InChI is InChI=1S/C20H31N5O/c1-15-12-20(22-14-21-15)25(17-5-6-17)18-7-10-23(11-8-18)13-19-4-3-9-24(19)16(2)26/h12,14,17-19H,3-11,13H2,1-2H3. The summed E-state index contributed by atoms with van der Waals surface area (Å²) in [6, 6.07) is 3.81. The van der Waals surface area contributed by atoms with Crippen LogP contribution >= 0.6 is 0 Å². The Labute approximate surface area is 156 Å². The van der Waals surface area contributed by atoms with Crippen molar-refractivity contribution in [2.24, 2.45) is 0 Å². The highest BCUT2D eigenvalue weighted by Crippen LogP contribution is 2.35. The Kier molecular flexibility index (Phi) is 5.11. The van der Waals surface area contributed by atoms with Crippen LogP contribution in [-0.4, -0.2) is 70.0 Å². The van der Waals surface area contributed by atoms with E-state index in [1.165, 1.54) is 25.7 Å². The molecule has 1 amide bonds. The van der Waals surface area contributed by atoms with Crippen molar-refractivity contribution in [2.75, 3.05) is 31.1 Å². The molecule has 4 rings (SSSR count). The summed E-state index contributed by atoms with van der Waals surface area (Å²) >= 11 is 0. The van der Waals surface area contributed by atoms with E-state index in [-0.39, 0.29) is 5.91 Å². The van der Waals surface area contributed by atoms with Gasteiger partial charge in [-0.1, -0.05) is 0 Å². The van der Waals surface area contributed by atoms with Crippen LogP contribution in [0.1, 0.15) is 51.1 Å². The maximum atomic E-state index is 11.8. The van der Waals surface area contributed by atoms with Crippen LogP contribution in [-0.2, 0) is 4.79 Å². The zero-order chi connectivity index (χ0) is 18.1. The lowest BCUT2D eigenvalue weighted by molar-refractivity contribution is -0.130. The van der Waals surface area contributed by atoms with E-state index in [1.54, 1.807) is 13.3 Å². The van der Waals surface area contributed by atoms with Gasteiger partial charge in [-0.25, -0.2) is 9.97 Å². The minimum absolute atomic E-state index is 0.237. The molecule has 2 saturated heterocycles. The molecule has 26 heavy (non-hydrogen) atoms. The summed E-state index contributed by atoms with van der Waals surface area (Å²) in [4.78, 5) is 27.8. The summed E-state index contributed by atoms with van der Waals surface area (Å²) < 4.78 is 0. The Bertz CT molecular complexity index is 639. The largest absolute Gasteiger partial charge is 0.350 e. The number of nitrogens with zero attached hydrogens (tertiary/aromatic N) is 5. The molecular weight excluding hydrogens is 326 g/mol. The van der Waals surface area contributed by atoms with Gasteiger partial charge in [0.15, 0.2) is 0 Å². The van der Waals surface area contributed by atoms with Crippen LogP contribution in [0.2, 0.25) is 0 Å². The molecule has 1 saturated carbocycles. The van der Waals surface area contributed by atoms with Gasteiger partial charge in [0.05, 0.1) is 0 Å². The Morgan fingerprint density at radius 1 is 1.12 bits per heavy atom. The molecule has 1 atom stereocenters. The minimum Gasteiger partial charge on any atom is -0.350 e. The van der Waals surface area contributed by atoms with Crippen LogP contribution in [0.3, 0.4) is 0 Å². The maximum absolute atomic E-state index is 11.8. The first-order valence-electron chi connectivity index (χ1n) is 10.2. The Morgan fingerprint density at radius 3 is 2.50 bits per heavy atom. The maximum Gasteiger partial charge on any atom is 0.219 e. The monoisotopic (exact) mass is 357 g/mol. The van der Waals surface area contributed by atoms with Crippen LogP contribution < -0.4 is 4.90 Å². The van der Waals surface area contributed by atoms with E-state index in [0.29, 0.717) is 18.1 Å². The molecule has 2 aliphatic heterocycles. The third-order valence-corrected chi connectivity index (χ3v) is 6.20. The molecule has 1 unspecified atom stereocenters. The van der Waals surface area contributed by atoms with E-state index in [0.717, 1.165) is 50.5 Å². The Morgan fingerprint density at radius 2 is 1.85 bits per heavy atom. The van der Waals surface area contributed by atoms with E-state index >= 15 is 0 Å². The molecule has 0 N–H and O–H groups in total. The fraction of sp³-hybridized carbons (Fsp3) is 0.750. The number of rotatable bonds is 5. The van der Waals surface area contributed by atoms with E-state index in [4.69, 9.17) is 0 Å². The van der Waals surface area contributed by atoms with Crippen molar-refractivity contribution in [3.8, 4) is 0 Å². The molecule has 3 fully saturated rings. The second-order valence-corrected chi connectivity index (χ2v) is 8.20. The van der Waals surface area contributed by atoms with Gasteiger partial charge in [0.25, 0.3) is 0 Å². The fourth-order valence-electron chi connectivity index (χ4n) is 4.72. The first kappa shape index (κ1) is 17.7. The topological polar surface area (TPSA) is 52.6 Å². The number of anilines is 1. The number of aromatic nitrogens is 2. The highest BCUT2D eigenvalue weighted by atomic mass is 16.2. The van der Waals surface area contributed by atoms with Gasteiger partial charge in [0.1, 0.15) is 12.1 Å². The molecule has 6 heteroatoms. The first-order chi connectivity index (χ1) is 12.6. The van der Waals surface area contributed by atoms with Crippen LogP contribution in [0.15, 0.2) is 12.4 Å². The van der Waals surface area contributed by atoms with Gasteiger partial charge in [-0.2, -0.15) is 0 Å². The molecular formula is C20H31N5O. The normalized spacial score (nSPS) is 24.8. The van der Waals surface area contributed by atoms with E-state index in [2.05, 4.69) is 30.7 Å². The smallest absolute Gasteiger partial charge is 0.219 e. The zero-order valence-electron chi connectivity index (χ0n) is 16.1. The van der Waals surface area contributed by atoms with Crippen molar-refractivity contribution < 1.29 is 4.79 Å². The number of likely N-dealkylation sites (tertiary alicyclic amines) is 2. The summed E-state index contributed by atoms with van der Waals surface area (Å²) in [6.45, 7) is 7.99. The van der Waals surface area contributed by atoms with Gasteiger partial charge >= 0.3 is 0 Å². The summed E-state index contributed by atoms with van der Waals surface area (Å²) in [5.41, 5.74) is 1.05. The highest BCUT2D eigenvalue weighted by molar-refractivity contribution is 5.73. The SMILES string of the molecule is CC(=O)N1CCCC1CN1CCC(N(c2cc(C)ncn2)C2CC2)CC1. The Hall–Kier alpha value is -1.69. The predicted molar refractivity (Wildman–Crippen MR) is 102 cm³/mol. The molecule has 3 heterocycles. The number of carbonyl (C=O) groups is 1. The molecule has 0 bridgehead atoms. The van der Waals surface area contributed by atoms with Crippen molar-refractivity contribution in [3.63, 3.8) is 0 Å². The molecule has 1 aromatic heterocycles. The lowest BCUT2D eigenvalue weighted by atomic mass is 10.0. The summed E-state index contributed by atoms with van der Waals surface area (Å²) in [5.74, 6) is 1.35. The summed E-state index contributed by atoms with van der Waals surface area (Å²) in [5, 5.41) is 0. The third-order valence-electron chi connectivity index (χ3n) is 6.20. The van der Waals surface area contributed by atoms with Gasteiger partial charge in [0.2, 0.25) is 5.91 Å². The van der Waals surface area contributed by atoms with E-state index in [9.17, 15) is 4.79 Å². The fourth-order valence-corrected chi connectivity index (χ4v) is 4.72. The van der Waals surface area contributed by atoms with Gasteiger partial charge in [0, 0.05) is 63.0 Å². The van der Waals surface area contributed by atoms with E-state index in [1.807, 2.05) is 6.92 Å². The van der Waals surface area contributed by atoms with E-state index < -0.39 is 0 Å². The molecule has 0 radical (unpaired) electrons. The quantitative estimate of drug-likeness (QED) is 0.809. The average molecular weight is 358 g/mol. The highest BCUT2D eigenvalue weighted by Gasteiger charge is 2.37. The minimum atomic E-state index is 0.237. The third kappa shape index (κ3) is 3.85. The van der Waals surface area contributed by atoms with Crippen LogP contribution in [0.4, 0.5) is 5.82 Å².